The van der Waals surface area contributed by atoms with Crippen molar-refractivity contribution in [1.29, 1.82) is 0 Å². The Morgan fingerprint density at radius 3 is 2.34 bits per heavy atom. The molecule has 1 atom stereocenters. The molecule has 0 aliphatic carbocycles. The van der Waals surface area contributed by atoms with E-state index in [0.29, 0.717) is 17.1 Å². The lowest BCUT2D eigenvalue weighted by Crippen LogP contribution is -2.32. The third-order valence-electron chi connectivity index (χ3n) is 4.11. The quantitative estimate of drug-likeness (QED) is 0.671. The third-order valence-corrected chi connectivity index (χ3v) is 4.11. The van der Waals surface area contributed by atoms with Gasteiger partial charge in [-0.3, -0.25) is 0 Å². The van der Waals surface area contributed by atoms with Gasteiger partial charge in [-0.2, -0.15) is 13.2 Å². The summed E-state index contributed by atoms with van der Waals surface area (Å²) in [5, 5.41) is 4.86. The molecule has 29 heavy (non-hydrogen) atoms. The Bertz CT molecular complexity index is 856. The highest BCUT2D eigenvalue weighted by Crippen LogP contribution is 2.37. The number of carbonyl (C=O) groups excluding carboxylic acids is 1. The van der Waals surface area contributed by atoms with Crippen molar-refractivity contribution in [3.05, 3.63) is 47.5 Å². The van der Waals surface area contributed by atoms with Crippen LogP contribution in [0.1, 0.15) is 31.0 Å². The molecule has 0 radical (unpaired) electrons. The van der Waals surface area contributed by atoms with Crippen LogP contribution >= 0.6 is 0 Å². The molecule has 2 aromatic carbocycles. The Kier molecular flexibility index (Phi) is 7.19. The van der Waals surface area contributed by atoms with Gasteiger partial charge in [-0.15, -0.1) is 0 Å². The van der Waals surface area contributed by atoms with Crippen LogP contribution in [0.3, 0.4) is 0 Å². The molecular weight excluding hydrogens is 389 g/mol. The van der Waals surface area contributed by atoms with E-state index >= 15 is 0 Å². The van der Waals surface area contributed by atoms with E-state index in [4.69, 9.17) is 14.2 Å². The van der Waals surface area contributed by atoms with Gasteiger partial charge in [0.05, 0.1) is 38.1 Å². The van der Waals surface area contributed by atoms with Crippen molar-refractivity contribution in [1.82, 2.24) is 5.32 Å². The van der Waals surface area contributed by atoms with E-state index in [2.05, 4.69) is 10.6 Å². The normalized spacial score (nSPS) is 12.1. The molecule has 9 heteroatoms. The molecule has 2 rings (SSSR count). The molecule has 0 aliphatic heterocycles. The van der Waals surface area contributed by atoms with Gasteiger partial charge in [0, 0.05) is 5.56 Å². The van der Waals surface area contributed by atoms with E-state index in [9.17, 15) is 18.0 Å². The average molecular weight is 412 g/mol. The second-order valence-electron chi connectivity index (χ2n) is 6.07. The summed E-state index contributed by atoms with van der Waals surface area (Å²) < 4.78 is 55.7. The lowest BCUT2D eigenvalue weighted by molar-refractivity contribution is -0.137. The first kappa shape index (κ1) is 22.2. The minimum atomic E-state index is -4.66. The van der Waals surface area contributed by atoms with Gasteiger partial charge in [-0.05, 0) is 50.2 Å². The van der Waals surface area contributed by atoms with Gasteiger partial charge in [0.2, 0.25) is 0 Å². The lowest BCUT2D eigenvalue weighted by atomic mass is 10.1. The summed E-state index contributed by atoms with van der Waals surface area (Å²) in [5.74, 6) is 1.14. The van der Waals surface area contributed by atoms with E-state index in [0.717, 1.165) is 12.1 Å². The summed E-state index contributed by atoms with van der Waals surface area (Å²) >= 11 is 0. The summed E-state index contributed by atoms with van der Waals surface area (Å²) in [6.45, 7) is 3.57. The van der Waals surface area contributed by atoms with Gasteiger partial charge < -0.3 is 24.8 Å². The second kappa shape index (κ2) is 9.40. The summed E-state index contributed by atoms with van der Waals surface area (Å²) in [6, 6.07) is 7.08. The van der Waals surface area contributed by atoms with Crippen molar-refractivity contribution < 1.29 is 32.2 Å². The summed E-state index contributed by atoms with van der Waals surface area (Å²) in [7, 11) is 2.98. The zero-order valence-corrected chi connectivity index (χ0v) is 16.5. The summed E-state index contributed by atoms with van der Waals surface area (Å²) in [6.07, 6.45) is -4.66. The highest BCUT2D eigenvalue weighted by atomic mass is 19.4. The fraction of sp³-hybridized carbons (Fsp3) is 0.350. The van der Waals surface area contributed by atoms with Crippen molar-refractivity contribution >= 4 is 11.7 Å². The Balaban J connectivity index is 2.21. The predicted octanol–water partition coefficient (Wildman–Crippen LogP) is 5.00. The van der Waals surface area contributed by atoms with E-state index in [1.807, 2.05) is 0 Å². The zero-order chi connectivity index (χ0) is 21.6. The minimum absolute atomic E-state index is 0.0697. The number of nitrogens with one attached hydrogen (secondary N) is 2. The highest BCUT2D eigenvalue weighted by molar-refractivity contribution is 5.90. The summed E-state index contributed by atoms with van der Waals surface area (Å²) in [5.41, 5.74) is -0.752. The maximum absolute atomic E-state index is 13.4. The third kappa shape index (κ3) is 5.69. The van der Waals surface area contributed by atoms with E-state index in [1.165, 1.54) is 20.3 Å². The molecule has 0 aromatic heterocycles. The van der Waals surface area contributed by atoms with E-state index in [-0.39, 0.29) is 18.0 Å². The molecule has 0 fully saturated rings. The number of benzene rings is 2. The maximum atomic E-state index is 13.4. The number of carbonyl (C=O) groups is 1. The smallest absolute Gasteiger partial charge is 0.418 e. The SMILES string of the molecule is CCOc1ccc(NC(=O)NC(C)c2cc(OC)ccc2OC)c(C(F)(F)F)c1. The number of methoxy groups -OCH3 is 2. The molecule has 0 aliphatic rings. The molecule has 2 aromatic rings. The van der Waals surface area contributed by atoms with Crippen molar-refractivity contribution in [2.75, 3.05) is 26.1 Å². The van der Waals surface area contributed by atoms with Crippen molar-refractivity contribution in [2.24, 2.45) is 0 Å². The molecule has 0 bridgehead atoms. The Labute approximate surface area is 167 Å². The molecule has 0 heterocycles. The molecule has 1 unspecified atom stereocenters. The fourth-order valence-electron chi connectivity index (χ4n) is 2.73. The number of amides is 2. The summed E-state index contributed by atoms with van der Waals surface area (Å²) in [4.78, 5) is 12.3. The number of halogens is 3. The number of ether oxygens (including phenoxy) is 3. The number of alkyl halides is 3. The van der Waals surface area contributed by atoms with Gasteiger partial charge in [-0.1, -0.05) is 0 Å². The predicted molar refractivity (Wildman–Crippen MR) is 103 cm³/mol. The van der Waals surface area contributed by atoms with Crippen LogP contribution in [0.5, 0.6) is 17.2 Å². The number of hydrogen-bond acceptors (Lipinski definition) is 4. The first-order valence-electron chi connectivity index (χ1n) is 8.83. The van der Waals surface area contributed by atoms with Gasteiger partial charge in [0.1, 0.15) is 17.2 Å². The van der Waals surface area contributed by atoms with Crippen LogP contribution in [0.15, 0.2) is 36.4 Å². The van der Waals surface area contributed by atoms with Crippen molar-refractivity contribution in [3.63, 3.8) is 0 Å². The lowest BCUT2D eigenvalue weighted by Gasteiger charge is -2.20. The standard InChI is InChI=1S/C20H23F3N2O4/c1-5-29-14-6-8-17(16(11-14)20(21,22)23)25-19(26)24-12(2)15-10-13(27-3)7-9-18(15)28-4/h6-12H,5H2,1-4H3,(H2,24,25,26). The monoisotopic (exact) mass is 412 g/mol. The van der Waals surface area contributed by atoms with Crippen LogP contribution in [-0.4, -0.2) is 26.9 Å². The van der Waals surface area contributed by atoms with Crippen LogP contribution in [0.4, 0.5) is 23.7 Å². The molecule has 0 saturated carbocycles. The number of anilines is 1. The Morgan fingerprint density at radius 2 is 1.76 bits per heavy atom. The van der Waals surface area contributed by atoms with Crippen LogP contribution in [0.25, 0.3) is 0 Å². The number of rotatable bonds is 7. The minimum Gasteiger partial charge on any atom is -0.497 e. The molecule has 6 nitrogen and oxygen atoms in total. The Hall–Kier alpha value is -3.10. The first-order valence-corrected chi connectivity index (χ1v) is 8.83. The fourth-order valence-corrected chi connectivity index (χ4v) is 2.73. The van der Waals surface area contributed by atoms with E-state index in [1.54, 1.807) is 32.0 Å². The van der Waals surface area contributed by atoms with Crippen molar-refractivity contribution in [2.45, 2.75) is 26.1 Å². The van der Waals surface area contributed by atoms with E-state index < -0.39 is 23.8 Å². The van der Waals surface area contributed by atoms with Gasteiger partial charge in [0.15, 0.2) is 0 Å². The largest absolute Gasteiger partial charge is 0.497 e. The van der Waals surface area contributed by atoms with Crippen LogP contribution in [0, 0.1) is 0 Å². The maximum Gasteiger partial charge on any atom is 0.418 e. The number of hydrogen-bond donors (Lipinski definition) is 2. The molecule has 0 saturated heterocycles. The zero-order valence-electron chi connectivity index (χ0n) is 16.5. The Morgan fingerprint density at radius 1 is 1.07 bits per heavy atom. The molecular formula is C20H23F3N2O4. The van der Waals surface area contributed by atoms with Crippen LogP contribution in [0.2, 0.25) is 0 Å². The van der Waals surface area contributed by atoms with Crippen molar-refractivity contribution in [3.8, 4) is 17.2 Å². The van der Waals surface area contributed by atoms with Crippen LogP contribution in [-0.2, 0) is 6.18 Å². The molecule has 0 spiro atoms. The average Bonchev–Trinajstić information content (AvgIpc) is 2.67. The molecule has 2 N–H and O–H groups in total. The van der Waals surface area contributed by atoms with Gasteiger partial charge in [0.25, 0.3) is 0 Å². The highest BCUT2D eigenvalue weighted by Gasteiger charge is 2.34. The number of urea groups is 1. The molecule has 2 amide bonds. The molecule has 158 valence electrons. The topological polar surface area (TPSA) is 68.8 Å². The van der Waals surface area contributed by atoms with Crippen LogP contribution < -0.4 is 24.8 Å². The van der Waals surface area contributed by atoms with Gasteiger partial charge >= 0.3 is 12.2 Å². The van der Waals surface area contributed by atoms with Gasteiger partial charge in [-0.25, -0.2) is 4.79 Å². The first-order chi connectivity index (χ1) is 13.7. The second-order valence-corrected chi connectivity index (χ2v) is 6.07.